The molecule has 1 unspecified atom stereocenters. The fraction of sp³-hybridized carbons (Fsp3) is 0.240. The molecule has 1 fully saturated rings. The van der Waals surface area contributed by atoms with Gasteiger partial charge < -0.3 is 16.0 Å². The predicted octanol–water partition coefficient (Wildman–Crippen LogP) is 5.57. The molecule has 0 radical (unpaired) electrons. The van der Waals surface area contributed by atoms with Crippen molar-refractivity contribution in [2.45, 2.75) is 32.2 Å². The first-order chi connectivity index (χ1) is 14.1. The van der Waals surface area contributed by atoms with Gasteiger partial charge in [-0.2, -0.15) is 0 Å². The van der Waals surface area contributed by atoms with E-state index in [1.807, 2.05) is 60.7 Å². The summed E-state index contributed by atoms with van der Waals surface area (Å²) in [6.45, 7) is 3.24. The maximum atomic E-state index is 12.9. The molecule has 0 saturated carbocycles. The van der Waals surface area contributed by atoms with Gasteiger partial charge in [-0.1, -0.05) is 42.5 Å². The molecule has 148 valence electrons. The minimum absolute atomic E-state index is 0.124. The number of nitrogens with one attached hydrogen (secondary N) is 1. The van der Waals surface area contributed by atoms with Crippen LogP contribution in [0.5, 0.6) is 0 Å². The first-order valence-electron chi connectivity index (χ1n) is 10.2. The molecule has 4 heteroatoms. The zero-order valence-corrected chi connectivity index (χ0v) is 16.8. The van der Waals surface area contributed by atoms with Crippen molar-refractivity contribution in [3.05, 3.63) is 78.4 Å². The van der Waals surface area contributed by atoms with Gasteiger partial charge in [0.05, 0.1) is 11.4 Å². The largest absolute Gasteiger partial charge is 0.399 e. The van der Waals surface area contributed by atoms with Gasteiger partial charge in [-0.15, -0.1) is 0 Å². The SMILES string of the molecule is CC1CCCCN1c1ccc(N)cc1NC(=O)c1ccc(-c2ccccc2)cc1. The van der Waals surface area contributed by atoms with E-state index in [-0.39, 0.29) is 5.91 Å². The molecule has 1 amide bonds. The molecule has 1 heterocycles. The van der Waals surface area contributed by atoms with Crippen LogP contribution in [0.25, 0.3) is 11.1 Å². The van der Waals surface area contributed by atoms with Gasteiger partial charge in [-0.3, -0.25) is 4.79 Å². The first kappa shape index (κ1) is 19.1. The van der Waals surface area contributed by atoms with E-state index in [2.05, 4.69) is 29.3 Å². The number of benzene rings is 3. The highest BCUT2D eigenvalue weighted by molar-refractivity contribution is 6.06. The normalized spacial score (nSPS) is 16.4. The Labute approximate surface area is 172 Å². The lowest BCUT2D eigenvalue weighted by molar-refractivity contribution is 0.102. The van der Waals surface area contributed by atoms with Crippen LogP contribution in [0.15, 0.2) is 72.8 Å². The van der Waals surface area contributed by atoms with E-state index >= 15 is 0 Å². The van der Waals surface area contributed by atoms with Gasteiger partial charge >= 0.3 is 0 Å². The van der Waals surface area contributed by atoms with Gasteiger partial charge in [0.15, 0.2) is 0 Å². The first-order valence-corrected chi connectivity index (χ1v) is 10.2. The molecule has 3 N–H and O–H groups in total. The summed E-state index contributed by atoms with van der Waals surface area (Å²) in [5.41, 5.74) is 11.3. The highest BCUT2D eigenvalue weighted by atomic mass is 16.1. The molecule has 1 aliphatic heterocycles. The minimum Gasteiger partial charge on any atom is -0.399 e. The molecule has 4 nitrogen and oxygen atoms in total. The number of carbonyl (C=O) groups excluding carboxylic acids is 1. The molecule has 3 aromatic carbocycles. The lowest BCUT2D eigenvalue weighted by Crippen LogP contribution is -2.38. The van der Waals surface area contributed by atoms with E-state index in [9.17, 15) is 4.79 Å². The summed E-state index contributed by atoms with van der Waals surface area (Å²) < 4.78 is 0. The summed E-state index contributed by atoms with van der Waals surface area (Å²) in [6.07, 6.45) is 3.59. The maximum absolute atomic E-state index is 12.9. The standard InChI is InChI=1S/C25H27N3O/c1-18-7-5-6-16-28(18)24-15-14-22(26)17-23(24)27-25(29)21-12-10-20(11-13-21)19-8-3-2-4-9-19/h2-4,8-15,17-18H,5-7,16,26H2,1H3,(H,27,29). The third-order valence-electron chi connectivity index (χ3n) is 5.64. The van der Waals surface area contributed by atoms with Crippen molar-refractivity contribution in [3.8, 4) is 11.1 Å². The molecule has 1 aliphatic rings. The van der Waals surface area contributed by atoms with Crippen LogP contribution in [-0.4, -0.2) is 18.5 Å². The number of rotatable bonds is 4. The third-order valence-corrected chi connectivity index (χ3v) is 5.64. The predicted molar refractivity (Wildman–Crippen MR) is 121 cm³/mol. The number of nitrogen functional groups attached to an aromatic ring is 1. The number of nitrogens with two attached hydrogens (primary N) is 1. The van der Waals surface area contributed by atoms with Crippen LogP contribution in [0.3, 0.4) is 0 Å². The van der Waals surface area contributed by atoms with Gasteiger partial charge in [0.2, 0.25) is 0 Å². The number of hydrogen-bond acceptors (Lipinski definition) is 3. The van der Waals surface area contributed by atoms with E-state index in [1.54, 1.807) is 0 Å². The quantitative estimate of drug-likeness (QED) is 0.578. The smallest absolute Gasteiger partial charge is 0.255 e. The molecule has 1 atom stereocenters. The second-order valence-electron chi connectivity index (χ2n) is 7.71. The lowest BCUT2D eigenvalue weighted by atomic mass is 10.0. The number of nitrogens with zero attached hydrogens (tertiary/aromatic N) is 1. The van der Waals surface area contributed by atoms with Crippen molar-refractivity contribution >= 4 is 23.0 Å². The number of hydrogen-bond donors (Lipinski definition) is 2. The van der Waals surface area contributed by atoms with E-state index < -0.39 is 0 Å². The molecule has 0 aliphatic carbocycles. The van der Waals surface area contributed by atoms with Crippen LogP contribution in [0.1, 0.15) is 36.5 Å². The molecular weight excluding hydrogens is 358 g/mol. The van der Waals surface area contributed by atoms with Gasteiger partial charge in [0.1, 0.15) is 0 Å². The fourth-order valence-corrected chi connectivity index (χ4v) is 4.00. The number of amides is 1. The molecule has 0 aromatic heterocycles. The Balaban J connectivity index is 1.56. The monoisotopic (exact) mass is 385 g/mol. The molecule has 29 heavy (non-hydrogen) atoms. The Hall–Kier alpha value is -3.27. The zero-order valence-electron chi connectivity index (χ0n) is 16.8. The summed E-state index contributed by atoms with van der Waals surface area (Å²) in [7, 11) is 0. The molecule has 0 spiro atoms. The second kappa shape index (κ2) is 8.39. The summed E-state index contributed by atoms with van der Waals surface area (Å²) in [6, 6.07) is 24.1. The van der Waals surface area contributed by atoms with Crippen LogP contribution < -0.4 is 16.0 Å². The van der Waals surface area contributed by atoms with Gasteiger partial charge in [-0.25, -0.2) is 0 Å². The second-order valence-corrected chi connectivity index (χ2v) is 7.71. The Morgan fingerprint density at radius 2 is 1.69 bits per heavy atom. The van der Waals surface area contributed by atoms with E-state index in [4.69, 9.17) is 5.73 Å². The molecule has 0 bridgehead atoms. The Morgan fingerprint density at radius 1 is 0.966 bits per heavy atom. The van der Waals surface area contributed by atoms with Crippen LogP contribution in [0, 0.1) is 0 Å². The fourth-order valence-electron chi connectivity index (χ4n) is 4.00. The molecule has 1 saturated heterocycles. The zero-order chi connectivity index (χ0) is 20.2. The van der Waals surface area contributed by atoms with Gasteiger partial charge in [-0.05, 0) is 67.6 Å². The van der Waals surface area contributed by atoms with Crippen LogP contribution >= 0.6 is 0 Å². The molecular formula is C25H27N3O. The van der Waals surface area contributed by atoms with Gasteiger partial charge in [0, 0.05) is 23.8 Å². The Kier molecular flexibility index (Phi) is 5.52. The summed E-state index contributed by atoms with van der Waals surface area (Å²) >= 11 is 0. The van der Waals surface area contributed by atoms with E-state index in [0.717, 1.165) is 29.0 Å². The number of piperidine rings is 1. The van der Waals surface area contributed by atoms with Crippen LogP contribution in [0.2, 0.25) is 0 Å². The van der Waals surface area contributed by atoms with Crippen LogP contribution in [-0.2, 0) is 0 Å². The van der Waals surface area contributed by atoms with E-state index in [1.165, 1.54) is 19.3 Å². The third kappa shape index (κ3) is 4.27. The highest BCUT2D eigenvalue weighted by Gasteiger charge is 2.22. The number of carbonyl (C=O) groups is 1. The average Bonchev–Trinajstić information content (AvgIpc) is 2.75. The lowest BCUT2D eigenvalue weighted by Gasteiger charge is -2.36. The maximum Gasteiger partial charge on any atom is 0.255 e. The van der Waals surface area contributed by atoms with Crippen LogP contribution in [0.4, 0.5) is 17.1 Å². The molecule has 3 aromatic rings. The summed E-state index contributed by atoms with van der Waals surface area (Å²) in [5.74, 6) is -0.124. The van der Waals surface area contributed by atoms with E-state index in [0.29, 0.717) is 17.3 Å². The van der Waals surface area contributed by atoms with Crippen molar-refractivity contribution < 1.29 is 4.79 Å². The Bertz CT molecular complexity index is 983. The highest BCUT2D eigenvalue weighted by Crippen LogP contribution is 2.33. The Morgan fingerprint density at radius 3 is 2.41 bits per heavy atom. The average molecular weight is 386 g/mol. The van der Waals surface area contributed by atoms with Gasteiger partial charge in [0.25, 0.3) is 5.91 Å². The summed E-state index contributed by atoms with van der Waals surface area (Å²) in [4.78, 5) is 15.3. The topological polar surface area (TPSA) is 58.4 Å². The van der Waals surface area contributed by atoms with Crippen molar-refractivity contribution in [1.82, 2.24) is 0 Å². The molecule has 4 rings (SSSR count). The van der Waals surface area contributed by atoms with Crippen molar-refractivity contribution in [3.63, 3.8) is 0 Å². The van der Waals surface area contributed by atoms with Crippen molar-refractivity contribution in [1.29, 1.82) is 0 Å². The number of anilines is 3. The van der Waals surface area contributed by atoms with Crippen molar-refractivity contribution in [2.75, 3.05) is 22.5 Å². The van der Waals surface area contributed by atoms with Crippen molar-refractivity contribution in [2.24, 2.45) is 0 Å². The minimum atomic E-state index is -0.124. The summed E-state index contributed by atoms with van der Waals surface area (Å²) in [5, 5.41) is 3.08.